The van der Waals surface area contributed by atoms with E-state index >= 15 is 0 Å². The summed E-state index contributed by atoms with van der Waals surface area (Å²) in [6.07, 6.45) is 4.07. The summed E-state index contributed by atoms with van der Waals surface area (Å²) in [6.45, 7) is 7.64. The minimum Gasteiger partial charge on any atom is -0.341 e. The van der Waals surface area contributed by atoms with Gasteiger partial charge in [-0.25, -0.2) is 0 Å². The highest BCUT2D eigenvalue weighted by Gasteiger charge is 2.37. The van der Waals surface area contributed by atoms with Crippen molar-refractivity contribution in [3.8, 4) is 0 Å². The fourth-order valence-corrected chi connectivity index (χ4v) is 4.93. The van der Waals surface area contributed by atoms with Crippen molar-refractivity contribution in [2.75, 3.05) is 18.4 Å². The zero-order valence-electron chi connectivity index (χ0n) is 19.8. The molecule has 2 heterocycles. The molecule has 1 fully saturated rings. The van der Waals surface area contributed by atoms with Crippen LogP contribution >= 0.6 is 0 Å². The van der Waals surface area contributed by atoms with Crippen molar-refractivity contribution in [2.24, 2.45) is 0 Å². The molecule has 6 heteroatoms. The molecule has 3 amide bonds. The van der Waals surface area contributed by atoms with Crippen molar-refractivity contribution < 1.29 is 14.4 Å². The maximum Gasteiger partial charge on any atom is 0.254 e. The molecule has 0 aromatic heterocycles. The van der Waals surface area contributed by atoms with Crippen LogP contribution in [0.5, 0.6) is 0 Å². The SMILES string of the molecule is CCC(=O)Nc1ccc2c(c1)CN(C(=O)c1cc(C)cc(C)c1)[C@H](C(=O)N1CCCCC1)C2. The van der Waals surface area contributed by atoms with Gasteiger partial charge >= 0.3 is 0 Å². The number of carbonyl (C=O) groups is 3. The van der Waals surface area contributed by atoms with Gasteiger partial charge in [0.1, 0.15) is 6.04 Å². The maximum atomic E-state index is 13.7. The summed E-state index contributed by atoms with van der Waals surface area (Å²) in [5.41, 5.74) is 5.43. The van der Waals surface area contributed by atoms with Crippen molar-refractivity contribution in [2.45, 2.75) is 65.5 Å². The summed E-state index contributed by atoms with van der Waals surface area (Å²) < 4.78 is 0. The predicted molar refractivity (Wildman–Crippen MR) is 129 cm³/mol. The average molecular weight is 448 g/mol. The molecule has 0 unspecified atom stereocenters. The Morgan fingerprint density at radius 3 is 2.30 bits per heavy atom. The molecular formula is C27H33N3O3. The molecule has 0 spiro atoms. The first-order valence-corrected chi connectivity index (χ1v) is 12.0. The van der Waals surface area contributed by atoms with Gasteiger partial charge in [0.15, 0.2) is 0 Å². The number of hydrogen-bond acceptors (Lipinski definition) is 3. The number of fused-ring (bicyclic) bond motifs is 1. The molecule has 174 valence electrons. The van der Waals surface area contributed by atoms with E-state index in [-0.39, 0.29) is 17.7 Å². The Morgan fingerprint density at radius 1 is 0.939 bits per heavy atom. The minimum absolute atomic E-state index is 0.0430. The first kappa shape index (κ1) is 23.0. The van der Waals surface area contributed by atoms with E-state index in [1.807, 2.05) is 62.1 Å². The quantitative estimate of drug-likeness (QED) is 0.763. The van der Waals surface area contributed by atoms with E-state index in [0.717, 1.165) is 60.3 Å². The van der Waals surface area contributed by atoms with Crippen LogP contribution in [0.3, 0.4) is 0 Å². The van der Waals surface area contributed by atoms with E-state index in [1.54, 1.807) is 4.90 Å². The standard InChI is InChI=1S/C27H33N3O3/c1-4-25(31)28-23-9-8-20-16-24(27(33)29-10-6-5-7-11-29)30(17-22(20)15-23)26(32)21-13-18(2)12-19(3)14-21/h8-9,12-15,24H,4-7,10-11,16-17H2,1-3H3,(H,28,31)/t24-/m0/s1. The van der Waals surface area contributed by atoms with Gasteiger partial charge in [-0.05, 0) is 68.5 Å². The van der Waals surface area contributed by atoms with Crippen LogP contribution in [0.4, 0.5) is 5.69 Å². The summed E-state index contributed by atoms with van der Waals surface area (Å²) in [4.78, 5) is 42.8. The first-order valence-electron chi connectivity index (χ1n) is 12.0. The summed E-state index contributed by atoms with van der Waals surface area (Å²) in [5.74, 6) is -0.126. The average Bonchev–Trinajstić information content (AvgIpc) is 2.82. The number of hydrogen-bond donors (Lipinski definition) is 1. The highest BCUT2D eigenvalue weighted by atomic mass is 16.2. The van der Waals surface area contributed by atoms with Crippen LogP contribution in [0.2, 0.25) is 0 Å². The molecule has 33 heavy (non-hydrogen) atoms. The number of amides is 3. The molecule has 2 aliphatic heterocycles. The van der Waals surface area contributed by atoms with Crippen molar-refractivity contribution in [1.82, 2.24) is 9.80 Å². The highest BCUT2D eigenvalue weighted by Crippen LogP contribution is 2.29. The summed E-state index contributed by atoms with van der Waals surface area (Å²) >= 11 is 0. The molecular weight excluding hydrogens is 414 g/mol. The lowest BCUT2D eigenvalue weighted by molar-refractivity contribution is -0.137. The van der Waals surface area contributed by atoms with Crippen molar-refractivity contribution in [3.05, 3.63) is 64.2 Å². The van der Waals surface area contributed by atoms with Gasteiger partial charge in [-0.15, -0.1) is 0 Å². The molecule has 0 radical (unpaired) electrons. The summed E-state index contributed by atoms with van der Waals surface area (Å²) in [5, 5.41) is 2.90. The zero-order chi connectivity index (χ0) is 23.5. The second-order valence-electron chi connectivity index (χ2n) is 9.30. The summed E-state index contributed by atoms with van der Waals surface area (Å²) in [7, 11) is 0. The van der Waals surface area contributed by atoms with Crippen LogP contribution in [-0.4, -0.2) is 46.7 Å². The second-order valence-corrected chi connectivity index (χ2v) is 9.30. The normalized spacial score (nSPS) is 18.0. The van der Waals surface area contributed by atoms with E-state index in [4.69, 9.17) is 0 Å². The largest absolute Gasteiger partial charge is 0.341 e. The fraction of sp³-hybridized carbons (Fsp3) is 0.444. The number of nitrogens with zero attached hydrogens (tertiary/aromatic N) is 2. The third kappa shape index (κ3) is 5.10. The van der Waals surface area contributed by atoms with Gasteiger partial charge in [-0.2, -0.15) is 0 Å². The predicted octanol–water partition coefficient (Wildman–Crippen LogP) is 4.23. The number of likely N-dealkylation sites (tertiary alicyclic amines) is 1. The molecule has 2 aliphatic rings. The molecule has 1 saturated heterocycles. The number of piperidine rings is 1. The Bertz CT molecular complexity index is 1050. The topological polar surface area (TPSA) is 69.7 Å². The van der Waals surface area contributed by atoms with Crippen LogP contribution in [0.15, 0.2) is 36.4 Å². The maximum absolute atomic E-state index is 13.7. The smallest absolute Gasteiger partial charge is 0.254 e. The Balaban J connectivity index is 1.68. The third-order valence-electron chi connectivity index (χ3n) is 6.62. The van der Waals surface area contributed by atoms with Gasteiger partial charge in [-0.3, -0.25) is 14.4 Å². The fourth-order valence-electron chi connectivity index (χ4n) is 4.93. The van der Waals surface area contributed by atoms with Crippen LogP contribution in [0.1, 0.15) is 65.2 Å². The summed E-state index contributed by atoms with van der Waals surface area (Å²) in [6, 6.07) is 11.1. The van der Waals surface area contributed by atoms with Gasteiger partial charge < -0.3 is 15.1 Å². The van der Waals surface area contributed by atoms with Gasteiger partial charge in [0.25, 0.3) is 5.91 Å². The number of carbonyl (C=O) groups excluding carboxylic acids is 3. The monoisotopic (exact) mass is 447 g/mol. The Kier molecular flexibility index (Phi) is 6.82. The Labute approximate surface area is 196 Å². The van der Waals surface area contributed by atoms with E-state index in [2.05, 4.69) is 5.32 Å². The van der Waals surface area contributed by atoms with E-state index in [0.29, 0.717) is 24.9 Å². The van der Waals surface area contributed by atoms with Crippen molar-refractivity contribution in [1.29, 1.82) is 0 Å². The van der Waals surface area contributed by atoms with Crippen LogP contribution in [0, 0.1) is 13.8 Å². The van der Waals surface area contributed by atoms with Gasteiger partial charge in [0.05, 0.1) is 0 Å². The highest BCUT2D eigenvalue weighted by molar-refractivity contribution is 5.98. The van der Waals surface area contributed by atoms with E-state index in [1.165, 1.54) is 0 Å². The lowest BCUT2D eigenvalue weighted by Crippen LogP contribution is -2.54. The molecule has 2 aromatic carbocycles. The number of anilines is 1. The van der Waals surface area contributed by atoms with Crippen LogP contribution in [-0.2, 0) is 22.6 Å². The molecule has 1 N–H and O–H groups in total. The van der Waals surface area contributed by atoms with Gasteiger partial charge in [-0.1, -0.05) is 30.2 Å². The lowest BCUT2D eigenvalue weighted by atomic mass is 9.91. The minimum atomic E-state index is -0.514. The molecule has 4 rings (SSSR count). The molecule has 1 atom stereocenters. The molecule has 0 saturated carbocycles. The number of benzene rings is 2. The number of nitrogens with one attached hydrogen (secondary N) is 1. The van der Waals surface area contributed by atoms with Crippen molar-refractivity contribution >= 4 is 23.4 Å². The Hall–Kier alpha value is -3.15. The van der Waals surface area contributed by atoms with Crippen LogP contribution < -0.4 is 5.32 Å². The number of rotatable bonds is 4. The van der Waals surface area contributed by atoms with Crippen LogP contribution in [0.25, 0.3) is 0 Å². The molecule has 6 nitrogen and oxygen atoms in total. The molecule has 2 aromatic rings. The van der Waals surface area contributed by atoms with Gasteiger partial charge in [0.2, 0.25) is 11.8 Å². The lowest BCUT2D eigenvalue weighted by Gasteiger charge is -2.40. The van der Waals surface area contributed by atoms with Gasteiger partial charge in [0, 0.05) is 43.7 Å². The molecule has 0 aliphatic carbocycles. The Morgan fingerprint density at radius 2 is 1.64 bits per heavy atom. The zero-order valence-corrected chi connectivity index (χ0v) is 19.8. The van der Waals surface area contributed by atoms with E-state index in [9.17, 15) is 14.4 Å². The first-order chi connectivity index (χ1) is 15.9. The number of aryl methyl sites for hydroxylation is 2. The third-order valence-corrected chi connectivity index (χ3v) is 6.62. The molecule has 0 bridgehead atoms. The van der Waals surface area contributed by atoms with Crippen molar-refractivity contribution in [3.63, 3.8) is 0 Å². The van der Waals surface area contributed by atoms with E-state index < -0.39 is 6.04 Å². The second kappa shape index (κ2) is 9.77.